The van der Waals surface area contributed by atoms with E-state index in [4.69, 9.17) is 22.1 Å². The molecule has 1 atom stereocenters. The van der Waals surface area contributed by atoms with Crippen LogP contribution < -0.4 is 11.1 Å². The average Bonchev–Trinajstić information content (AvgIpc) is 3.42. The van der Waals surface area contributed by atoms with Gasteiger partial charge in [-0.1, -0.05) is 17.7 Å². The smallest absolute Gasteiger partial charge is 0.225 e. The lowest BCUT2D eigenvalue weighted by Gasteiger charge is -2.12. The normalized spacial score (nSPS) is 16.0. The molecule has 3 N–H and O–H groups in total. The Hall–Kier alpha value is -3.30. The molecular formula is C22H19ClF2N6O. The predicted octanol–water partition coefficient (Wildman–Crippen LogP) is 4.59. The second-order valence-corrected chi connectivity index (χ2v) is 7.92. The minimum absolute atomic E-state index is 0.0278. The van der Waals surface area contributed by atoms with Gasteiger partial charge >= 0.3 is 0 Å². The van der Waals surface area contributed by atoms with E-state index in [1.807, 2.05) is 0 Å². The number of hydrogen-bond acceptors (Lipinski definition) is 6. The van der Waals surface area contributed by atoms with Gasteiger partial charge in [-0.05, 0) is 49.2 Å². The third-order valence-corrected chi connectivity index (χ3v) is 5.61. The Bertz CT molecular complexity index is 1290. The molecule has 1 saturated heterocycles. The molecule has 0 bridgehead atoms. The molecule has 5 rings (SSSR count). The Kier molecular flexibility index (Phi) is 5.36. The minimum Gasteiger partial charge on any atom is -0.383 e. The molecule has 0 saturated carbocycles. The van der Waals surface area contributed by atoms with Gasteiger partial charge in [-0.15, -0.1) is 5.10 Å². The Morgan fingerprint density at radius 1 is 1.16 bits per heavy atom. The molecule has 1 aliphatic rings. The number of fused-ring (bicyclic) bond motifs is 1. The number of benzene rings is 2. The number of nitrogen functional groups attached to an aromatic ring is 1. The summed E-state index contributed by atoms with van der Waals surface area (Å²) in [5.41, 5.74) is 7.41. The summed E-state index contributed by atoms with van der Waals surface area (Å²) in [6.45, 7) is 1.21. The quantitative estimate of drug-likeness (QED) is 0.456. The van der Waals surface area contributed by atoms with Crippen LogP contribution in [-0.4, -0.2) is 39.0 Å². The molecule has 3 heterocycles. The molecule has 2 aromatic heterocycles. The van der Waals surface area contributed by atoms with Crippen LogP contribution in [0.4, 0.5) is 20.5 Å². The van der Waals surface area contributed by atoms with Crippen molar-refractivity contribution in [2.24, 2.45) is 0 Å². The number of aromatic nitrogens is 4. The maximum absolute atomic E-state index is 14.7. The first-order valence-electron chi connectivity index (χ1n) is 10.1. The van der Waals surface area contributed by atoms with E-state index in [1.165, 1.54) is 16.8 Å². The first kappa shape index (κ1) is 20.6. The van der Waals surface area contributed by atoms with Gasteiger partial charge in [0.2, 0.25) is 5.95 Å². The second-order valence-electron chi connectivity index (χ2n) is 7.49. The summed E-state index contributed by atoms with van der Waals surface area (Å²) in [6.07, 6.45) is 1.97. The highest BCUT2D eigenvalue weighted by molar-refractivity contribution is 6.30. The second kappa shape index (κ2) is 8.33. The molecule has 0 radical (unpaired) electrons. The maximum atomic E-state index is 14.7. The highest BCUT2D eigenvalue weighted by atomic mass is 35.5. The van der Waals surface area contributed by atoms with Gasteiger partial charge in [0.25, 0.3) is 0 Å². The molecule has 1 aliphatic heterocycles. The lowest BCUT2D eigenvalue weighted by Crippen LogP contribution is -2.19. The van der Waals surface area contributed by atoms with E-state index in [0.717, 1.165) is 18.9 Å². The fraction of sp³-hybridized carbons (Fsp3) is 0.227. The largest absolute Gasteiger partial charge is 0.383 e. The standard InChI is InChI=1S/C22H19ClF2N6O/c23-12-6-8-13(9-7-12)31-20(26)17-19(15-4-1-5-16(24)18(15)25)28-22(29-21(17)30-31)27-11-14-3-2-10-32-14/h1,4-9,14H,2-3,10-11,26H2,(H,27,29,30). The van der Waals surface area contributed by atoms with Crippen molar-refractivity contribution >= 4 is 34.4 Å². The van der Waals surface area contributed by atoms with Crippen molar-refractivity contribution in [1.82, 2.24) is 19.7 Å². The number of hydrogen-bond donors (Lipinski definition) is 2. The van der Waals surface area contributed by atoms with E-state index in [1.54, 1.807) is 24.3 Å². The summed E-state index contributed by atoms with van der Waals surface area (Å²) in [6, 6.07) is 10.8. The Morgan fingerprint density at radius 3 is 2.72 bits per heavy atom. The third kappa shape index (κ3) is 3.74. The molecule has 10 heteroatoms. The van der Waals surface area contributed by atoms with Crippen LogP contribution in [0.2, 0.25) is 5.02 Å². The van der Waals surface area contributed by atoms with Crippen LogP contribution >= 0.6 is 11.6 Å². The number of nitrogens with two attached hydrogens (primary N) is 1. The fourth-order valence-electron chi connectivity index (χ4n) is 3.76. The van der Waals surface area contributed by atoms with Crippen LogP contribution in [0, 0.1) is 11.6 Å². The van der Waals surface area contributed by atoms with E-state index in [9.17, 15) is 8.78 Å². The number of anilines is 2. The van der Waals surface area contributed by atoms with Crippen LogP contribution in [0.5, 0.6) is 0 Å². The molecular weight excluding hydrogens is 438 g/mol. The monoisotopic (exact) mass is 456 g/mol. The number of nitrogens with zero attached hydrogens (tertiary/aromatic N) is 4. The molecule has 2 aromatic carbocycles. The highest BCUT2D eigenvalue weighted by Crippen LogP contribution is 2.34. The number of rotatable bonds is 5. The molecule has 164 valence electrons. The van der Waals surface area contributed by atoms with Crippen LogP contribution in [-0.2, 0) is 4.74 Å². The number of nitrogens with one attached hydrogen (secondary N) is 1. The van der Waals surface area contributed by atoms with Gasteiger partial charge in [-0.25, -0.2) is 18.4 Å². The van der Waals surface area contributed by atoms with E-state index in [-0.39, 0.29) is 34.8 Å². The topological polar surface area (TPSA) is 90.9 Å². The predicted molar refractivity (Wildman–Crippen MR) is 119 cm³/mol. The molecule has 0 amide bonds. The Balaban J connectivity index is 1.66. The minimum atomic E-state index is -1.02. The molecule has 4 aromatic rings. The zero-order valence-corrected chi connectivity index (χ0v) is 17.6. The van der Waals surface area contributed by atoms with E-state index in [2.05, 4.69) is 20.4 Å². The van der Waals surface area contributed by atoms with Crippen molar-refractivity contribution in [3.63, 3.8) is 0 Å². The third-order valence-electron chi connectivity index (χ3n) is 5.36. The first-order valence-corrected chi connectivity index (χ1v) is 10.5. The molecule has 7 nitrogen and oxygen atoms in total. The van der Waals surface area contributed by atoms with Gasteiger partial charge in [0.05, 0.1) is 22.9 Å². The summed E-state index contributed by atoms with van der Waals surface area (Å²) in [4.78, 5) is 8.94. The van der Waals surface area contributed by atoms with Crippen molar-refractivity contribution in [3.8, 4) is 16.9 Å². The first-order chi connectivity index (χ1) is 15.5. The van der Waals surface area contributed by atoms with Gasteiger partial charge < -0.3 is 15.8 Å². The number of halogens is 3. The van der Waals surface area contributed by atoms with Gasteiger partial charge in [0.1, 0.15) is 5.82 Å². The molecule has 1 unspecified atom stereocenters. The summed E-state index contributed by atoms with van der Waals surface area (Å²) in [7, 11) is 0. The summed E-state index contributed by atoms with van der Waals surface area (Å²) in [5.74, 6) is -1.57. The number of ether oxygens (including phenoxy) is 1. The lowest BCUT2D eigenvalue weighted by molar-refractivity contribution is 0.120. The van der Waals surface area contributed by atoms with Gasteiger partial charge in [0.15, 0.2) is 17.3 Å². The van der Waals surface area contributed by atoms with E-state index < -0.39 is 11.6 Å². The summed E-state index contributed by atoms with van der Waals surface area (Å²) in [5, 5.41) is 8.52. The SMILES string of the molecule is Nc1c2c(-c3cccc(F)c3F)nc(NCC3CCCO3)nc2nn1-c1ccc(Cl)cc1. The van der Waals surface area contributed by atoms with Gasteiger partial charge in [-0.2, -0.15) is 4.98 Å². The van der Waals surface area contributed by atoms with Crippen molar-refractivity contribution in [1.29, 1.82) is 0 Å². The van der Waals surface area contributed by atoms with E-state index >= 15 is 0 Å². The zero-order chi connectivity index (χ0) is 22.2. The summed E-state index contributed by atoms with van der Waals surface area (Å²) < 4.78 is 35.8. The van der Waals surface area contributed by atoms with Crippen LogP contribution in [0.1, 0.15) is 12.8 Å². The van der Waals surface area contributed by atoms with Gasteiger partial charge in [0, 0.05) is 23.7 Å². The van der Waals surface area contributed by atoms with Crippen molar-refractivity contribution in [2.75, 3.05) is 24.2 Å². The zero-order valence-electron chi connectivity index (χ0n) is 16.9. The van der Waals surface area contributed by atoms with E-state index in [0.29, 0.717) is 29.2 Å². The van der Waals surface area contributed by atoms with Crippen LogP contribution in [0.15, 0.2) is 42.5 Å². The lowest BCUT2D eigenvalue weighted by atomic mass is 10.1. The Morgan fingerprint density at radius 2 is 1.97 bits per heavy atom. The molecule has 32 heavy (non-hydrogen) atoms. The van der Waals surface area contributed by atoms with Crippen molar-refractivity contribution < 1.29 is 13.5 Å². The van der Waals surface area contributed by atoms with Crippen molar-refractivity contribution in [3.05, 3.63) is 59.1 Å². The fourth-order valence-corrected chi connectivity index (χ4v) is 3.89. The Labute approximate surface area is 187 Å². The van der Waals surface area contributed by atoms with Crippen LogP contribution in [0.25, 0.3) is 28.0 Å². The van der Waals surface area contributed by atoms with Gasteiger partial charge in [-0.3, -0.25) is 0 Å². The van der Waals surface area contributed by atoms with Crippen molar-refractivity contribution in [2.45, 2.75) is 18.9 Å². The molecule has 0 aliphatic carbocycles. The molecule has 0 spiro atoms. The van der Waals surface area contributed by atoms with Crippen LogP contribution in [0.3, 0.4) is 0 Å². The maximum Gasteiger partial charge on any atom is 0.225 e. The molecule has 1 fully saturated rings. The highest BCUT2D eigenvalue weighted by Gasteiger charge is 2.23. The average molecular weight is 457 g/mol. The summed E-state index contributed by atoms with van der Waals surface area (Å²) >= 11 is 5.99.